The van der Waals surface area contributed by atoms with Gasteiger partial charge in [-0.05, 0) is 71.2 Å². The molecule has 0 fully saturated rings. The lowest BCUT2D eigenvalue weighted by Gasteiger charge is -2.20. The van der Waals surface area contributed by atoms with Gasteiger partial charge in [-0.15, -0.1) is 10.2 Å². The van der Waals surface area contributed by atoms with Crippen LogP contribution in [0.4, 0.5) is 22.2 Å². The normalized spacial score (nSPS) is 14.0. The number of nitrogens with zero attached hydrogens (tertiary/aromatic N) is 4. The molecular weight excluding hydrogens is 650 g/mol. The van der Waals surface area contributed by atoms with E-state index in [2.05, 4.69) is 31.1 Å². The van der Waals surface area contributed by atoms with Gasteiger partial charge in [0, 0.05) is 30.4 Å². The van der Waals surface area contributed by atoms with Gasteiger partial charge in [-0.1, -0.05) is 62.4 Å². The summed E-state index contributed by atoms with van der Waals surface area (Å²) < 4.78 is 16.9. The third-order valence-electron chi connectivity index (χ3n) is 8.41. The van der Waals surface area contributed by atoms with Crippen molar-refractivity contribution in [3.63, 3.8) is 0 Å². The van der Waals surface area contributed by atoms with Crippen molar-refractivity contribution < 1.29 is 28.6 Å². The molecule has 1 aliphatic rings. The number of esters is 1. The van der Waals surface area contributed by atoms with E-state index in [-0.39, 0.29) is 24.6 Å². The van der Waals surface area contributed by atoms with E-state index >= 15 is 0 Å². The van der Waals surface area contributed by atoms with Crippen molar-refractivity contribution in [2.45, 2.75) is 103 Å². The molecule has 0 saturated heterocycles. The predicted molar refractivity (Wildman–Crippen MR) is 194 cm³/mol. The van der Waals surface area contributed by atoms with Gasteiger partial charge in [0.1, 0.15) is 17.0 Å². The Morgan fingerprint density at radius 1 is 0.961 bits per heavy atom. The van der Waals surface area contributed by atoms with Crippen molar-refractivity contribution >= 4 is 29.5 Å². The highest BCUT2D eigenvalue weighted by Gasteiger charge is 2.37. The van der Waals surface area contributed by atoms with Crippen molar-refractivity contribution in [3.05, 3.63) is 77.3 Å². The van der Waals surface area contributed by atoms with Crippen molar-refractivity contribution in [2.24, 2.45) is 0 Å². The van der Waals surface area contributed by atoms with Crippen molar-refractivity contribution in [2.75, 3.05) is 23.8 Å². The maximum atomic E-state index is 12.3. The average molecular weight is 700 g/mol. The Morgan fingerprint density at radius 3 is 2.41 bits per heavy atom. The van der Waals surface area contributed by atoms with E-state index in [0.29, 0.717) is 47.4 Å². The summed E-state index contributed by atoms with van der Waals surface area (Å²) in [6, 6.07) is 14.5. The monoisotopic (exact) mass is 699 g/mol. The lowest BCUT2D eigenvalue weighted by Crippen LogP contribution is -2.32. The number of amides is 1. The third kappa shape index (κ3) is 10.5. The van der Waals surface area contributed by atoms with Crippen LogP contribution in [0.5, 0.6) is 0 Å². The predicted octanol–water partition coefficient (Wildman–Crippen LogP) is 7.62. The molecule has 1 amide bonds. The van der Waals surface area contributed by atoms with Gasteiger partial charge in [-0.2, -0.15) is 4.98 Å². The Kier molecular flexibility index (Phi) is 12.2. The van der Waals surface area contributed by atoms with Gasteiger partial charge in [-0.3, -0.25) is 0 Å². The molecule has 2 aromatic carbocycles. The standard InChI is InChI=1S/C38H49N7O6/c1-37(2,3)51-36(48)39-21-15-10-8-6-7-9-14-18-31-44-45-33(49-31)28-23-40-35(43-32(28)42-30(24-46)25-16-12-11-13-17-25)41-26-19-20-27-29(22-26)38(4,5)50-34(27)47/h11-13,16-17,19-20,22-23,30,46H,6-10,14-15,18,21,24H2,1-5H3,(H,39,48)(H2,40,41,42,43)/t30-/m1/s1. The first kappa shape index (κ1) is 37.2. The number of carbonyl (C=O) groups is 2. The molecular formula is C38H49N7O6. The van der Waals surface area contributed by atoms with Gasteiger partial charge in [0.15, 0.2) is 0 Å². The maximum absolute atomic E-state index is 12.3. The van der Waals surface area contributed by atoms with Gasteiger partial charge in [0.25, 0.3) is 5.89 Å². The first-order valence-corrected chi connectivity index (χ1v) is 17.7. The second kappa shape index (κ2) is 16.8. The number of unbranched alkanes of at least 4 members (excludes halogenated alkanes) is 6. The van der Waals surface area contributed by atoms with Crippen LogP contribution < -0.4 is 16.0 Å². The van der Waals surface area contributed by atoms with E-state index < -0.39 is 17.2 Å². The zero-order valence-electron chi connectivity index (χ0n) is 30.1. The number of fused-ring (bicyclic) bond motifs is 1. The fourth-order valence-electron chi connectivity index (χ4n) is 5.82. The summed E-state index contributed by atoms with van der Waals surface area (Å²) in [5, 5.41) is 28.3. The molecule has 1 aliphatic heterocycles. The number of rotatable bonds is 17. The number of anilines is 3. The zero-order chi connectivity index (χ0) is 36.4. The molecule has 0 unspecified atom stereocenters. The number of aliphatic hydroxyl groups excluding tert-OH is 1. The summed E-state index contributed by atoms with van der Waals surface area (Å²) in [5.41, 5.74) is 2.16. The Balaban J connectivity index is 1.18. The molecule has 13 nitrogen and oxygen atoms in total. The molecule has 0 saturated carbocycles. The number of alkyl carbamates (subject to hydrolysis) is 1. The van der Waals surface area contributed by atoms with Crippen LogP contribution in [0.2, 0.25) is 0 Å². The number of hydrogen-bond donors (Lipinski definition) is 4. The molecule has 4 aromatic rings. The van der Waals surface area contributed by atoms with Crippen LogP contribution in [0.1, 0.15) is 113 Å². The van der Waals surface area contributed by atoms with Gasteiger partial charge in [0.05, 0.1) is 23.8 Å². The van der Waals surface area contributed by atoms with E-state index in [1.165, 1.54) is 0 Å². The number of nitrogens with one attached hydrogen (secondary N) is 3. The average Bonchev–Trinajstić information content (AvgIpc) is 3.64. The number of hydrogen-bond acceptors (Lipinski definition) is 12. The fourth-order valence-corrected chi connectivity index (χ4v) is 5.82. The summed E-state index contributed by atoms with van der Waals surface area (Å²) in [5.74, 6) is 1.17. The molecule has 5 rings (SSSR count). The lowest BCUT2D eigenvalue weighted by atomic mass is 9.95. The van der Waals surface area contributed by atoms with E-state index in [9.17, 15) is 14.7 Å². The smallest absolute Gasteiger partial charge is 0.407 e. The highest BCUT2D eigenvalue weighted by Crippen LogP contribution is 2.38. The first-order valence-electron chi connectivity index (χ1n) is 17.7. The molecule has 0 radical (unpaired) electrons. The van der Waals surface area contributed by atoms with Crippen LogP contribution in [0.15, 0.2) is 59.1 Å². The van der Waals surface area contributed by atoms with Crippen LogP contribution >= 0.6 is 0 Å². The lowest BCUT2D eigenvalue weighted by molar-refractivity contribution is 0.00951. The summed E-state index contributed by atoms with van der Waals surface area (Å²) in [6.07, 6.45) is 9.17. The summed E-state index contributed by atoms with van der Waals surface area (Å²) in [6.45, 7) is 9.70. The largest absolute Gasteiger partial charge is 0.451 e. The minimum absolute atomic E-state index is 0.178. The molecule has 13 heteroatoms. The number of aliphatic hydroxyl groups is 1. The highest BCUT2D eigenvalue weighted by atomic mass is 16.6. The molecule has 3 heterocycles. The van der Waals surface area contributed by atoms with Gasteiger partial charge in [-0.25, -0.2) is 14.6 Å². The van der Waals surface area contributed by atoms with Crippen LogP contribution in [-0.2, 0) is 21.5 Å². The molecule has 51 heavy (non-hydrogen) atoms. The summed E-state index contributed by atoms with van der Waals surface area (Å²) in [4.78, 5) is 33.3. The third-order valence-corrected chi connectivity index (χ3v) is 8.41. The number of carbonyl (C=O) groups excluding carboxylic acids is 2. The molecule has 2 aromatic heterocycles. The number of ether oxygens (including phenoxy) is 2. The number of aromatic nitrogens is 4. The number of cyclic esters (lactones) is 1. The minimum Gasteiger partial charge on any atom is -0.451 e. The topological polar surface area (TPSA) is 174 Å². The SMILES string of the molecule is CC(C)(C)OC(=O)NCCCCCCCCCc1nnc(-c2cnc(Nc3ccc4c(c3)C(C)(C)OC4=O)nc2N[C@H](CO)c2ccccc2)o1. The first-order chi connectivity index (χ1) is 24.4. The van der Waals surface area contributed by atoms with E-state index in [4.69, 9.17) is 18.9 Å². The van der Waals surface area contributed by atoms with Crippen LogP contribution in [0.3, 0.4) is 0 Å². The molecule has 4 N–H and O–H groups in total. The van der Waals surface area contributed by atoms with Gasteiger partial charge >= 0.3 is 12.1 Å². The van der Waals surface area contributed by atoms with Crippen LogP contribution in [0.25, 0.3) is 11.5 Å². The highest BCUT2D eigenvalue weighted by molar-refractivity contribution is 5.95. The van der Waals surface area contributed by atoms with Crippen molar-refractivity contribution in [1.29, 1.82) is 0 Å². The Morgan fingerprint density at radius 2 is 1.69 bits per heavy atom. The molecule has 1 atom stereocenters. The Labute approximate surface area is 299 Å². The maximum Gasteiger partial charge on any atom is 0.407 e. The second-order valence-electron chi connectivity index (χ2n) is 14.2. The van der Waals surface area contributed by atoms with Crippen molar-refractivity contribution in [1.82, 2.24) is 25.5 Å². The fraction of sp³-hybridized carbons (Fsp3) is 0.474. The minimum atomic E-state index is -0.745. The molecule has 0 aliphatic carbocycles. The van der Waals surface area contributed by atoms with Crippen LogP contribution in [0, 0.1) is 0 Å². The Hall–Kier alpha value is -5.04. The molecule has 272 valence electrons. The summed E-state index contributed by atoms with van der Waals surface area (Å²) in [7, 11) is 0. The van der Waals surface area contributed by atoms with E-state index in [1.54, 1.807) is 18.3 Å². The van der Waals surface area contributed by atoms with Crippen LogP contribution in [-0.4, -0.2) is 56.1 Å². The number of benzene rings is 2. The zero-order valence-corrected chi connectivity index (χ0v) is 30.1. The van der Waals surface area contributed by atoms with Gasteiger partial charge < -0.3 is 34.9 Å². The molecule has 0 spiro atoms. The van der Waals surface area contributed by atoms with Gasteiger partial charge in [0.2, 0.25) is 11.8 Å². The molecule has 0 bridgehead atoms. The summed E-state index contributed by atoms with van der Waals surface area (Å²) >= 11 is 0. The second-order valence-corrected chi connectivity index (χ2v) is 14.2. The quantitative estimate of drug-likeness (QED) is 0.0628. The number of aryl methyl sites for hydroxylation is 1. The Bertz CT molecular complexity index is 1770. The van der Waals surface area contributed by atoms with E-state index in [1.807, 2.05) is 71.0 Å². The van der Waals surface area contributed by atoms with Crippen molar-refractivity contribution in [3.8, 4) is 11.5 Å². The van der Waals surface area contributed by atoms with E-state index in [0.717, 1.165) is 56.1 Å².